The summed E-state index contributed by atoms with van der Waals surface area (Å²) in [6.45, 7) is 5.45. The first kappa shape index (κ1) is 11.6. The molecule has 18 heavy (non-hydrogen) atoms. The van der Waals surface area contributed by atoms with E-state index in [9.17, 15) is 4.79 Å². The molecule has 5 heteroatoms. The standard InChI is InChI=1S/C13H17N3O2/c1-8-5-12(13(17)18-8)16-4-3-10-6-14-9(2)15-11(10)7-16/h6,8,12H,3-5,7H2,1-2H3. The Bertz CT molecular complexity index is 489. The highest BCUT2D eigenvalue weighted by Crippen LogP contribution is 2.25. The molecule has 1 aromatic rings. The molecule has 3 heterocycles. The molecule has 96 valence electrons. The Morgan fingerprint density at radius 3 is 3.06 bits per heavy atom. The molecule has 0 bridgehead atoms. The summed E-state index contributed by atoms with van der Waals surface area (Å²) >= 11 is 0. The second-order valence-electron chi connectivity index (χ2n) is 5.11. The number of fused-ring (bicyclic) bond motifs is 1. The van der Waals surface area contributed by atoms with Crippen LogP contribution in [0.3, 0.4) is 0 Å². The fraction of sp³-hybridized carbons (Fsp3) is 0.615. The summed E-state index contributed by atoms with van der Waals surface area (Å²) in [5.74, 6) is 0.703. The topological polar surface area (TPSA) is 55.3 Å². The number of carbonyl (C=O) groups excluding carboxylic acids is 1. The molecule has 2 unspecified atom stereocenters. The highest BCUT2D eigenvalue weighted by molar-refractivity contribution is 5.78. The predicted octanol–water partition coefficient (Wildman–Crippen LogP) is 0.847. The maximum atomic E-state index is 11.8. The smallest absolute Gasteiger partial charge is 0.323 e. The molecule has 1 saturated heterocycles. The zero-order valence-corrected chi connectivity index (χ0v) is 10.7. The van der Waals surface area contributed by atoms with E-state index in [0.29, 0.717) is 0 Å². The van der Waals surface area contributed by atoms with Crippen LogP contribution < -0.4 is 0 Å². The highest BCUT2D eigenvalue weighted by atomic mass is 16.6. The second-order valence-corrected chi connectivity index (χ2v) is 5.11. The number of hydrogen-bond donors (Lipinski definition) is 0. The van der Waals surface area contributed by atoms with E-state index < -0.39 is 0 Å². The fourth-order valence-electron chi connectivity index (χ4n) is 2.72. The van der Waals surface area contributed by atoms with E-state index in [4.69, 9.17) is 4.74 Å². The zero-order chi connectivity index (χ0) is 12.7. The van der Waals surface area contributed by atoms with Gasteiger partial charge < -0.3 is 4.74 Å². The van der Waals surface area contributed by atoms with Crippen molar-refractivity contribution in [3.05, 3.63) is 23.3 Å². The average Bonchev–Trinajstić information content (AvgIpc) is 2.67. The van der Waals surface area contributed by atoms with Gasteiger partial charge in [-0.05, 0) is 25.8 Å². The molecule has 0 spiro atoms. The van der Waals surface area contributed by atoms with E-state index in [-0.39, 0.29) is 18.1 Å². The van der Waals surface area contributed by atoms with Crippen LogP contribution in [-0.2, 0) is 22.5 Å². The summed E-state index contributed by atoms with van der Waals surface area (Å²) in [7, 11) is 0. The molecular weight excluding hydrogens is 230 g/mol. The van der Waals surface area contributed by atoms with Crippen molar-refractivity contribution in [2.45, 2.75) is 45.4 Å². The van der Waals surface area contributed by atoms with Gasteiger partial charge in [-0.25, -0.2) is 9.97 Å². The maximum absolute atomic E-state index is 11.8. The molecular formula is C13H17N3O2. The lowest BCUT2D eigenvalue weighted by Crippen LogP contribution is -2.42. The monoisotopic (exact) mass is 247 g/mol. The van der Waals surface area contributed by atoms with Crippen LogP contribution in [0.25, 0.3) is 0 Å². The molecule has 0 radical (unpaired) electrons. The lowest BCUT2D eigenvalue weighted by atomic mass is 10.0. The minimum Gasteiger partial charge on any atom is -0.461 e. The van der Waals surface area contributed by atoms with Gasteiger partial charge in [-0.1, -0.05) is 0 Å². The van der Waals surface area contributed by atoms with Gasteiger partial charge in [-0.2, -0.15) is 0 Å². The molecule has 0 saturated carbocycles. The van der Waals surface area contributed by atoms with Crippen LogP contribution in [0.5, 0.6) is 0 Å². The zero-order valence-electron chi connectivity index (χ0n) is 10.7. The fourth-order valence-corrected chi connectivity index (χ4v) is 2.72. The van der Waals surface area contributed by atoms with Gasteiger partial charge in [-0.15, -0.1) is 0 Å². The first-order chi connectivity index (χ1) is 8.63. The van der Waals surface area contributed by atoms with Crippen LogP contribution in [0.15, 0.2) is 6.20 Å². The first-order valence-electron chi connectivity index (χ1n) is 6.39. The molecule has 3 rings (SSSR count). The van der Waals surface area contributed by atoms with Crippen molar-refractivity contribution in [3.8, 4) is 0 Å². The van der Waals surface area contributed by atoms with Crippen LogP contribution in [0.2, 0.25) is 0 Å². The molecule has 0 aliphatic carbocycles. The minimum absolute atomic E-state index is 0.0380. The van der Waals surface area contributed by atoms with Crippen LogP contribution in [-0.4, -0.2) is 39.5 Å². The van der Waals surface area contributed by atoms with Gasteiger partial charge in [0.2, 0.25) is 0 Å². The van der Waals surface area contributed by atoms with Gasteiger partial charge in [0, 0.05) is 25.7 Å². The summed E-state index contributed by atoms with van der Waals surface area (Å²) in [6, 6.07) is -0.0941. The van der Waals surface area contributed by atoms with Crippen molar-refractivity contribution in [1.29, 1.82) is 0 Å². The summed E-state index contributed by atoms with van der Waals surface area (Å²) in [4.78, 5) is 22.6. The Labute approximate surface area is 106 Å². The Morgan fingerprint density at radius 2 is 2.33 bits per heavy atom. The largest absolute Gasteiger partial charge is 0.461 e. The Kier molecular flexibility index (Phi) is 2.78. The molecule has 0 amide bonds. The summed E-state index contributed by atoms with van der Waals surface area (Å²) in [6.07, 6.45) is 3.65. The maximum Gasteiger partial charge on any atom is 0.323 e. The minimum atomic E-state index is -0.0941. The summed E-state index contributed by atoms with van der Waals surface area (Å²) < 4.78 is 5.23. The predicted molar refractivity (Wildman–Crippen MR) is 64.8 cm³/mol. The summed E-state index contributed by atoms with van der Waals surface area (Å²) in [5.41, 5.74) is 2.26. The van der Waals surface area contributed by atoms with Gasteiger partial charge >= 0.3 is 5.97 Å². The Morgan fingerprint density at radius 1 is 1.50 bits per heavy atom. The Hall–Kier alpha value is -1.49. The average molecular weight is 247 g/mol. The lowest BCUT2D eigenvalue weighted by Gasteiger charge is -2.30. The van der Waals surface area contributed by atoms with E-state index in [0.717, 1.165) is 37.4 Å². The number of esters is 1. The van der Waals surface area contributed by atoms with Crippen molar-refractivity contribution < 1.29 is 9.53 Å². The quantitative estimate of drug-likeness (QED) is 0.689. The molecule has 2 aliphatic heterocycles. The van der Waals surface area contributed by atoms with Crippen LogP contribution in [0.1, 0.15) is 30.4 Å². The van der Waals surface area contributed by atoms with Gasteiger partial charge in [0.1, 0.15) is 18.0 Å². The van der Waals surface area contributed by atoms with E-state index in [2.05, 4.69) is 14.9 Å². The third kappa shape index (κ3) is 1.99. The lowest BCUT2D eigenvalue weighted by molar-refractivity contribution is -0.145. The van der Waals surface area contributed by atoms with Crippen molar-refractivity contribution in [1.82, 2.24) is 14.9 Å². The van der Waals surface area contributed by atoms with Crippen LogP contribution >= 0.6 is 0 Å². The van der Waals surface area contributed by atoms with E-state index in [1.807, 2.05) is 20.0 Å². The molecule has 0 aromatic carbocycles. The van der Waals surface area contributed by atoms with Crippen molar-refractivity contribution >= 4 is 5.97 Å². The van der Waals surface area contributed by atoms with Gasteiger partial charge in [0.05, 0.1) is 5.69 Å². The third-order valence-corrected chi connectivity index (χ3v) is 3.68. The van der Waals surface area contributed by atoms with Gasteiger partial charge in [-0.3, -0.25) is 9.69 Å². The third-order valence-electron chi connectivity index (χ3n) is 3.68. The van der Waals surface area contributed by atoms with Crippen LogP contribution in [0, 0.1) is 6.92 Å². The number of cyclic esters (lactones) is 1. The van der Waals surface area contributed by atoms with E-state index >= 15 is 0 Å². The number of ether oxygens (including phenoxy) is 1. The number of nitrogens with zero attached hydrogens (tertiary/aromatic N) is 3. The molecule has 1 aromatic heterocycles. The number of aromatic nitrogens is 2. The van der Waals surface area contributed by atoms with Crippen molar-refractivity contribution in [2.75, 3.05) is 6.54 Å². The van der Waals surface area contributed by atoms with E-state index in [1.54, 1.807) is 0 Å². The van der Waals surface area contributed by atoms with Crippen LogP contribution in [0.4, 0.5) is 0 Å². The van der Waals surface area contributed by atoms with Gasteiger partial charge in [0.25, 0.3) is 0 Å². The summed E-state index contributed by atoms with van der Waals surface area (Å²) in [5, 5.41) is 0. The van der Waals surface area contributed by atoms with Crippen molar-refractivity contribution in [3.63, 3.8) is 0 Å². The van der Waals surface area contributed by atoms with Gasteiger partial charge in [0.15, 0.2) is 0 Å². The second kappa shape index (κ2) is 4.31. The molecule has 0 N–H and O–H groups in total. The Balaban J connectivity index is 1.80. The molecule has 2 atom stereocenters. The number of aryl methyl sites for hydroxylation is 1. The highest BCUT2D eigenvalue weighted by Gasteiger charge is 2.37. The number of rotatable bonds is 1. The first-order valence-corrected chi connectivity index (χ1v) is 6.39. The molecule has 2 aliphatic rings. The van der Waals surface area contributed by atoms with Crippen molar-refractivity contribution in [2.24, 2.45) is 0 Å². The SMILES string of the molecule is Cc1ncc2c(n1)CN(C1CC(C)OC1=O)CC2. The van der Waals surface area contributed by atoms with E-state index in [1.165, 1.54) is 5.56 Å². The number of carbonyl (C=O) groups is 1. The molecule has 5 nitrogen and oxygen atoms in total. The number of hydrogen-bond acceptors (Lipinski definition) is 5. The normalized spacial score (nSPS) is 28.0. The molecule has 1 fully saturated rings.